The second-order valence-corrected chi connectivity index (χ2v) is 8.47. The van der Waals surface area contributed by atoms with E-state index >= 15 is 0 Å². The fraction of sp³-hybridized carbons (Fsp3) is 0.231. The number of carboxylic acid groups (broad SMARTS) is 1. The summed E-state index contributed by atoms with van der Waals surface area (Å²) in [7, 11) is 0. The molecular weight excluding hydrogens is 516 g/mol. The van der Waals surface area contributed by atoms with Gasteiger partial charge in [-0.05, 0) is 53.9 Å². The number of nitrogens with one attached hydrogen (secondary N) is 1. The van der Waals surface area contributed by atoms with Gasteiger partial charge in [-0.25, -0.2) is 4.98 Å². The first-order valence-electron chi connectivity index (χ1n) is 11.4. The van der Waals surface area contributed by atoms with Crippen LogP contribution in [0.3, 0.4) is 0 Å². The van der Waals surface area contributed by atoms with Crippen molar-refractivity contribution in [3.05, 3.63) is 83.9 Å². The molecule has 12 heteroatoms. The van der Waals surface area contributed by atoms with Crippen molar-refractivity contribution >= 4 is 28.6 Å². The number of ether oxygens (including phenoxy) is 1. The monoisotopic (exact) mass is 537 g/mol. The summed E-state index contributed by atoms with van der Waals surface area (Å²) in [5.41, 5.74) is 1.96. The van der Waals surface area contributed by atoms with E-state index in [2.05, 4.69) is 15.0 Å². The lowest BCUT2D eigenvalue weighted by molar-refractivity contribution is -0.274. The fourth-order valence-corrected chi connectivity index (χ4v) is 4.08. The second-order valence-electron chi connectivity index (χ2n) is 8.47. The Morgan fingerprint density at radius 3 is 2.26 bits per heavy atom. The van der Waals surface area contributed by atoms with Crippen LogP contribution in [0.15, 0.2) is 72.8 Å². The highest BCUT2D eigenvalue weighted by Gasteiger charge is 2.35. The van der Waals surface area contributed by atoms with E-state index in [9.17, 15) is 31.1 Å². The number of carboxylic acids is 1. The van der Waals surface area contributed by atoms with Gasteiger partial charge in [-0.2, -0.15) is 13.2 Å². The second kappa shape index (κ2) is 10.6. The number of nitrogens with zero attached hydrogens (tertiary/aromatic N) is 2. The third-order valence-electron chi connectivity index (χ3n) is 5.65. The van der Waals surface area contributed by atoms with Crippen LogP contribution in [0.25, 0.3) is 11.0 Å². The van der Waals surface area contributed by atoms with Gasteiger partial charge in [0.2, 0.25) is 5.95 Å². The number of aromatic nitrogens is 2. The van der Waals surface area contributed by atoms with Crippen molar-refractivity contribution in [3.8, 4) is 5.75 Å². The number of benzene rings is 3. The summed E-state index contributed by atoms with van der Waals surface area (Å²) in [6.07, 6.45) is -10.6. The molecule has 1 atom stereocenters. The van der Waals surface area contributed by atoms with Crippen LogP contribution in [0.1, 0.15) is 30.0 Å². The van der Waals surface area contributed by atoms with E-state index in [1.165, 1.54) is 16.7 Å². The van der Waals surface area contributed by atoms with Crippen molar-refractivity contribution in [2.75, 3.05) is 5.32 Å². The average molecular weight is 537 g/mol. The minimum atomic E-state index is -4.87. The molecule has 0 fully saturated rings. The lowest BCUT2D eigenvalue weighted by Crippen LogP contribution is -2.21. The van der Waals surface area contributed by atoms with Crippen molar-refractivity contribution in [2.45, 2.75) is 37.8 Å². The Bertz CT molecular complexity index is 1400. The number of rotatable bonds is 9. The largest absolute Gasteiger partial charge is 0.573 e. The summed E-state index contributed by atoms with van der Waals surface area (Å²) in [4.78, 5) is 15.4. The molecule has 0 saturated carbocycles. The van der Waals surface area contributed by atoms with Gasteiger partial charge in [0, 0.05) is 12.1 Å². The minimum Gasteiger partial charge on any atom is -0.481 e. The summed E-state index contributed by atoms with van der Waals surface area (Å²) in [6.45, 7) is 0. The smallest absolute Gasteiger partial charge is 0.481 e. The molecular formula is C26H21F6N3O3. The molecule has 4 rings (SSSR count). The number of alkyl halides is 6. The van der Waals surface area contributed by atoms with E-state index in [4.69, 9.17) is 5.11 Å². The fourth-order valence-electron chi connectivity index (χ4n) is 4.08. The molecule has 0 amide bonds. The molecule has 0 spiro atoms. The summed E-state index contributed by atoms with van der Waals surface area (Å²) >= 11 is 0. The zero-order valence-corrected chi connectivity index (χ0v) is 19.6. The van der Waals surface area contributed by atoms with E-state index in [-0.39, 0.29) is 24.5 Å². The number of aliphatic carboxylic acids is 1. The van der Waals surface area contributed by atoms with Gasteiger partial charge >= 0.3 is 18.5 Å². The average Bonchev–Trinajstić information content (AvgIpc) is 3.18. The highest BCUT2D eigenvalue weighted by molar-refractivity contribution is 5.81. The number of hydrogen-bond acceptors (Lipinski definition) is 4. The molecule has 200 valence electrons. The van der Waals surface area contributed by atoms with Crippen LogP contribution in [0.5, 0.6) is 5.75 Å². The number of imidazole rings is 1. The van der Waals surface area contributed by atoms with Crippen LogP contribution in [-0.2, 0) is 11.2 Å². The highest BCUT2D eigenvalue weighted by atomic mass is 19.4. The number of hydrogen-bond donors (Lipinski definition) is 2. The number of carbonyl (C=O) groups is 1. The molecule has 38 heavy (non-hydrogen) atoms. The maximum Gasteiger partial charge on any atom is 0.573 e. The Balaban J connectivity index is 1.80. The topological polar surface area (TPSA) is 76.4 Å². The maximum absolute atomic E-state index is 13.7. The van der Waals surface area contributed by atoms with Crippen molar-refractivity contribution in [3.63, 3.8) is 0 Å². The highest BCUT2D eigenvalue weighted by Crippen LogP contribution is 2.38. The molecule has 0 aliphatic rings. The van der Waals surface area contributed by atoms with Gasteiger partial charge in [-0.15, -0.1) is 13.2 Å². The summed E-state index contributed by atoms with van der Waals surface area (Å²) in [5.74, 6) is -1.43. The third kappa shape index (κ3) is 6.96. The standard InChI is InChI=1S/C26H21F6N3O3/c27-25(28,29)15-22(17-4-2-1-3-5-17)35-21-12-6-16(7-13-23(36)37)14-20(21)34-24(35)33-18-8-10-19(11-9-18)38-26(30,31)32/h1-6,8-12,14,22H,7,13,15H2,(H,33,34)(H,36,37)/t22-/m1/s1. The molecule has 4 aromatic rings. The van der Waals surface area contributed by atoms with Gasteiger partial charge in [0.1, 0.15) is 5.75 Å². The van der Waals surface area contributed by atoms with Crippen LogP contribution in [0, 0.1) is 0 Å². The maximum atomic E-state index is 13.7. The van der Waals surface area contributed by atoms with Crippen molar-refractivity contribution < 1.29 is 41.0 Å². The van der Waals surface area contributed by atoms with E-state index in [0.29, 0.717) is 22.2 Å². The van der Waals surface area contributed by atoms with Crippen molar-refractivity contribution in [2.24, 2.45) is 0 Å². The van der Waals surface area contributed by atoms with Gasteiger partial charge < -0.3 is 19.7 Å². The number of anilines is 2. The normalized spacial score (nSPS) is 12.9. The third-order valence-corrected chi connectivity index (χ3v) is 5.65. The van der Waals surface area contributed by atoms with Gasteiger partial charge in [-0.3, -0.25) is 4.79 Å². The van der Waals surface area contributed by atoms with Gasteiger partial charge in [0.05, 0.1) is 23.5 Å². The first-order chi connectivity index (χ1) is 17.9. The van der Waals surface area contributed by atoms with Crippen LogP contribution in [0.4, 0.5) is 38.0 Å². The van der Waals surface area contributed by atoms with Crippen LogP contribution in [0.2, 0.25) is 0 Å². The number of aryl methyl sites for hydroxylation is 1. The number of halogens is 6. The van der Waals surface area contributed by atoms with E-state index in [0.717, 1.165) is 12.1 Å². The predicted molar refractivity (Wildman–Crippen MR) is 127 cm³/mol. The zero-order valence-electron chi connectivity index (χ0n) is 19.6. The lowest BCUT2D eigenvalue weighted by Gasteiger charge is -2.24. The van der Waals surface area contributed by atoms with E-state index < -0.39 is 36.7 Å². The first-order valence-corrected chi connectivity index (χ1v) is 11.4. The van der Waals surface area contributed by atoms with Crippen LogP contribution < -0.4 is 10.1 Å². The summed E-state index contributed by atoms with van der Waals surface area (Å²) < 4.78 is 84.0. The lowest BCUT2D eigenvalue weighted by atomic mass is 10.0. The van der Waals surface area contributed by atoms with Gasteiger partial charge in [-0.1, -0.05) is 36.4 Å². The molecule has 0 unspecified atom stereocenters. The summed E-state index contributed by atoms with van der Waals surface area (Å²) in [5, 5.41) is 11.9. The Kier molecular flexibility index (Phi) is 7.51. The molecule has 0 radical (unpaired) electrons. The van der Waals surface area contributed by atoms with E-state index in [1.807, 2.05) is 0 Å². The van der Waals surface area contributed by atoms with Crippen molar-refractivity contribution in [1.29, 1.82) is 0 Å². The Morgan fingerprint density at radius 2 is 1.66 bits per heavy atom. The SMILES string of the molecule is O=C(O)CCc1ccc2c(c1)nc(Nc1ccc(OC(F)(F)F)cc1)n2[C@H](CC(F)(F)F)c1ccccc1. The molecule has 6 nitrogen and oxygen atoms in total. The van der Waals surface area contributed by atoms with Crippen molar-refractivity contribution in [1.82, 2.24) is 9.55 Å². The molecule has 0 aliphatic carbocycles. The Labute approximate surface area is 212 Å². The van der Waals surface area contributed by atoms with Crippen LogP contribution >= 0.6 is 0 Å². The minimum absolute atomic E-state index is 0.0259. The first kappa shape index (κ1) is 26.8. The molecule has 0 saturated heterocycles. The Hall–Kier alpha value is -4.22. The molecule has 2 N–H and O–H groups in total. The molecule has 1 aromatic heterocycles. The Morgan fingerprint density at radius 1 is 0.974 bits per heavy atom. The van der Waals surface area contributed by atoms with Gasteiger partial charge in [0.15, 0.2) is 0 Å². The quantitative estimate of drug-likeness (QED) is 0.220. The van der Waals surface area contributed by atoms with E-state index in [1.54, 1.807) is 48.5 Å². The summed E-state index contributed by atoms with van der Waals surface area (Å²) in [6, 6.07) is 16.3. The molecule has 3 aromatic carbocycles. The molecule has 1 heterocycles. The molecule has 0 aliphatic heterocycles. The van der Waals surface area contributed by atoms with Gasteiger partial charge in [0.25, 0.3) is 0 Å². The predicted octanol–water partition coefficient (Wildman–Crippen LogP) is 7.24. The zero-order chi connectivity index (χ0) is 27.5. The molecule has 0 bridgehead atoms. The number of fused-ring (bicyclic) bond motifs is 1. The van der Waals surface area contributed by atoms with Crippen LogP contribution in [-0.4, -0.2) is 33.2 Å².